The smallest absolute Gasteiger partial charge is 0.255 e. The molecule has 3 aromatic rings. The number of rotatable bonds is 7. The predicted octanol–water partition coefficient (Wildman–Crippen LogP) is 5.25. The van der Waals surface area contributed by atoms with E-state index in [0.29, 0.717) is 24.0 Å². The summed E-state index contributed by atoms with van der Waals surface area (Å²) in [6, 6.07) is 13.5. The van der Waals surface area contributed by atoms with E-state index in [-0.39, 0.29) is 5.91 Å². The molecule has 0 saturated carbocycles. The van der Waals surface area contributed by atoms with Crippen LogP contribution < -0.4 is 15.4 Å². The summed E-state index contributed by atoms with van der Waals surface area (Å²) in [6.45, 7) is 11.0. The van der Waals surface area contributed by atoms with Crippen LogP contribution in [0.4, 0.5) is 11.6 Å². The molecule has 0 radical (unpaired) electrons. The first-order valence-electron chi connectivity index (χ1n) is 11.3. The van der Waals surface area contributed by atoms with Crippen molar-refractivity contribution in [3.63, 3.8) is 0 Å². The summed E-state index contributed by atoms with van der Waals surface area (Å²) in [6.07, 6.45) is 2.50. The van der Waals surface area contributed by atoms with E-state index in [0.717, 1.165) is 40.2 Å². The Morgan fingerprint density at radius 1 is 1.15 bits per heavy atom. The lowest BCUT2D eigenvalue weighted by molar-refractivity contribution is -0.113. The molecule has 4 rings (SSSR count). The highest BCUT2D eigenvalue weighted by molar-refractivity contribution is 6.06. The molecule has 33 heavy (non-hydrogen) atoms. The Hall–Kier alpha value is -3.61. The van der Waals surface area contributed by atoms with Crippen LogP contribution in [0.3, 0.4) is 0 Å². The predicted molar refractivity (Wildman–Crippen MR) is 130 cm³/mol. The van der Waals surface area contributed by atoms with E-state index in [1.165, 1.54) is 6.33 Å². The van der Waals surface area contributed by atoms with Gasteiger partial charge in [0.15, 0.2) is 0 Å². The molecule has 1 aromatic heterocycles. The highest BCUT2D eigenvalue weighted by Crippen LogP contribution is 2.36. The number of carbonyl (C=O) groups excluding carboxylic acids is 1. The minimum atomic E-state index is -0.404. The first-order valence-corrected chi connectivity index (χ1v) is 11.3. The number of amides is 1. The highest BCUT2D eigenvalue weighted by Gasteiger charge is 2.33. The van der Waals surface area contributed by atoms with Crippen LogP contribution in [0.25, 0.3) is 0 Å². The lowest BCUT2D eigenvalue weighted by atomic mass is 9.94. The number of benzene rings is 2. The van der Waals surface area contributed by atoms with E-state index in [1.807, 2.05) is 57.2 Å². The molecule has 1 amide bonds. The first-order chi connectivity index (χ1) is 15.8. The quantitative estimate of drug-likeness (QED) is 0.519. The molecule has 0 fully saturated rings. The second kappa shape index (κ2) is 9.48. The summed E-state index contributed by atoms with van der Waals surface area (Å²) in [5.41, 5.74) is 5.25. The zero-order valence-corrected chi connectivity index (χ0v) is 19.8. The molecule has 1 unspecified atom stereocenters. The van der Waals surface area contributed by atoms with Gasteiger partial charge in [0.05, 0.1) is 12.2 Å². The van der Waals surface area contributed by atoms with Crippen molar-refractivity contribution in [3.8, 4) is 5.75 Å². The van der Waals surface area contributed by atoms with Gasteiger partial charge in [-0.1, -0.05) is 43.7 Å². The van der Waals surface area contributed by atoms with Crippen LogP contribution in [0.5, 0.6) is 5.75 Å². The molecule has 1 aliphatic rings. The number of aromatic nitrogens is 3. The molecule has 2 aromatic carbocycles. The topological polar surface area (TPSA) is 81.1 Å². The van der Waals surface area contributed by atoms with E-state index in [1.54, 1.807) is 4.68 Å². The van der Waals surface area contributed by atoms with Crippen LogP contribution in [0, 0.1) is 19.8 Å². The number of nitrogens with zero attached hydrogens (tertiary/aromatic N) is 3. The lowest BCUT2D eigenvalue weighted by Crippen LogP contribution is -2.31. The van der Waals surface area contributed by atoms with E-state index in [4.69, 9.17) is 4.74 Å². The summed E-state index contributed by atoms with van der Waals surface area (Å²) in [7, 11) is 0. The van der Waals surface area contributed by atoms with Crippen molar-refractivity contribution in [3.05, 3.63) is 76.8 Å². The Balaban J connectivity index is 1.63. The van der Waals surface area contributed by atoms with Gasteiger partial charge in [-0.25, -0.2) is 4.68 Å². The molecule has 1 aliphatic heterocycles. The third kappa shape index (κ3) is 4.92. The second-order valence-corrected chi connectivity index (χ2v) is 8.97. The molecule has 7 heteroatoms. The zero-order chi connectivity index (χ0) is 23.5. The van der Waals surface area contributed by atoms with Crippen molar-refractivity contribution in [2.24, 2.45) is 5.92 Å². The molecule has 7 nitrogen and oxygen atoms in total. The van der Waals surface area contributed by atoms with Crippen molar-refractivity contribution in [2.45, 2.75) is 47.1 Å². The zero-order valence-electron chi connectivity index (χ0n) is 19.8. The Labute approximate surface area is 194 Å². The highest BCUT2D eigenvalue weighted by atomic mass is 16.5. The van der Waals surface area contributed by atoms with Crippen LogP contribution in [0.1, 0.15) is 49.9 Å². The van der Waals surface area contributed by atoms with Crippen molar-refractivity contribution in [2.75, 3.05) is 17.2 Å². The third-order valence-corrected chi connectivity index (χ3v) is 5.83. The van der Waals surface area contributed by atoms with E-state index in [2.05, 4.69) is 40.6 Å². The minimum absolute atomic E-state index is 0.171. The Morgan fingerprint density at radius 3 is 2.61 bits per heavy atom. The van der Waals surface area contributed by atoms with Gasteiger partial charge in [0.25, 0.3) is 5.91 Å². The van der Waals surface area contributed by atoms with Gasteiger partial charge >= 0.3 is 0 Å². The number of hydrogen-bond acceptors (Lipinski definition) is 5. The van der Waals surface area contributed by atoms with Crippen molar-refractivity contribution in [1.82, 2.24) is 14.8 Å². The van der Waals surface area contributed by atoms with Gasteiger partial charge in [-0.15, -0.1) is 0 Å². The van der Waals surface area contributed by atoms with Gasteiger partial charge < -0.3 is 15.4 Å². The number of nitrogens with one attached hydrogen (secondary N) is 2. The Bertz CT molecular complexity index is 1180. The third-order valence-electron chi connectivity index (χ3n) is 5.83. The molecule has 0 spiro atoms. The molecule has 0 bridgehead atoms. The number of allylic oxidation sites excluding steroid dienone is 1. The second-order valence-electron chi connectivity index (χ2n) is 8.97. The van der Waals surface area contributed by atoms with Gasteiger partial charge in [-0.2, -0.15) is 10.1 Å². The average molecular weight is 446 g/mol. The maximum Gasteiger partial charge on any atom is 0.255 e. The van der Waals surface area contributed by atoms with Crippen molar-refractivity contribution in [1.29, 1.82) is 0 Å². The Kier molecular flexibility index (Phi) is 6.49. The molecule has 0 saturated heterocycles. The van der Waals surface area contributed by atoms with Crippen molar-refractivity contribution < 1.29 is 9.53 Å². The Morgan fingerprint density at radius 2 is 1.91 bits per heavy atom. The summed E-state index contributed by atoms with van der Waals surface area (Å²) < 4.78 is 7.62. The molecular formula is C26H31N5O2. The van der Waals surface area contributed by atoms with Gasteiger partial charge in [-0.05, 0) is 62.4 Å². The molecule has 1 atom stereocenters. The fourth-order valence-electron chi connectivity index (χ4n) is 4.00. The molecule has 2 N–H and O–H groups in total. The fraction of sp³-hybridized carbons (Fsp3) is 0.346. The first kappa shape index (κ1) is 22.6. The lowest BCUT2D eigenvalue weighted by Gasteiger charge is -2.29. The summed E-state index contributed by atoms with van der Waals surface area (Å²) in [5.74, 6) is 1.85. The van der Waals surface area contributed by atoms with E-state index >= 15 is 0 Å². The van der Waals surface area contributed by atoms with Crippen LogP contribution >= 0.6 is 0 Å². The number of aryl methyl sites for hydroxylation is 2. The number of ether oxygens (including phenoxy) is 1. The average Bonchev–Trinajstić information content (AvgIpc) is 3.23. The monoisotopic (exact) mass is 445 g/mol. The summed E-state index contributed by atoms with van der Waals surface area (Å²) in [4.78, 5) is 17.8. The number of hydrogen-bond donors (Lipinski definition) is 2. The van der Waals surface area contributed by atoms with Crippen LogP contribution in [-0.4, -0.2) is 27.3 Å². The maximum absolute atomic E-state index is 13.5. The van der Waals surface area contributed by atoms with E-state index in [9.17, 15) is 4.79 Å². The SMILES string of the molecule is CC1=C(C(=O)Nc2ccc(C)cc2C)C(c2ccc(OCCC(C)C)cc2)n2ncnc2N1. The van der Waals surface area contributed by atoms with Gasteiger partial charge in [0.1, 0.15) is 18.1 Å². The number of fused-ring (bicyclic) bond motifs is 1. The summed E-state index contributed by atoms with van der Waals surface area (Å²) >= 11 is 0. The van der Waals surface area contributed by atoms with Gasteiger partial charge in [0, 0.05) is 11.4 Å². The van der Waals surface area contributed by atoms with Crippen LogP contribution in [-0.2, 0) is 4.79 Å². The molecule has 0 aliphatic carbocycles. The van der Waals surface area contributed by atoms with Gasteiger partial charge in [0.2, 0.25) is 5.95 Å². The number of anilines is 2. The normalized spacial score (nSPS) is 15.3. The van der Waals surface area contributed by atoms with Crippen LogP contribution in [0.15, 0.2) is 60.1 Å². The fourth-order valence-corrected chi connectivity index (χ4v) is 4.00. The molecular weight excluding hydrogens is 414 g/mol. The molecule has 172 valence electrons. The maximum atomic E-state index is 13.5. The van der Waals surface area contributed by atoms with E-state index < -0.39 is 6.04 Å². The van der Waals surface area contributed by atoms with Crippen LogP contribution in [0.2, 0.25) is 0 Å². The largest absolute Gasteiger partial charge is 0.494 e. The summed E-state index contributed by atoms with van der Waals surface area (Å²) in [5, 5.41) is 10.7. The molecule has 2 heterocycles. The van der Waals surface area contributed by atoms with Gasteiger partial charge in [-0.3, -0.25) is 4.79 Å². The van der Waals surface area contributed by atoms with Crippen molar-refractivity contribution >= 4 is 17.5 Å². The number of carbonyl (C=O) groups is 1. The standard InChI is InChI=1S/C26H31N5O2/c1-16(2)12-13-33-21-9-7-20(8-10-21)24-23(19(5)29-26-27-15-28-31(24)26)25(32)30-22-11-6-17(3)14-18(22)4/h6-11,14-16,24H,12-13H2,1-5H3,(H,30,32)(H,27,28,29). The minimum Gasteiger partial charge on any atom is -0.494 e.